The van der Waals surface area contributed by atoms with Crippen molar-refractivity contribution < 1.29 is 33.6 Å². The number of halogens is 1. The molecule has 2 rings (SSSR count). The first kappa shape index (κ1) is 12.4. The Hall–Kier alpha value is -2.02. The molecule has 6 nitrogen and oxygen atoms in total. The van der Waals surface area contributed by atoms with Crippen LogP contribution in [0.3, 0.4) is 0 Å². The van der Waals surface area contributed by atoms with E-state index in [1.807, 2.05) is 0 Å². The third kappa shape index (κ3) is 1.92. The van der Waals surface area contributed by atoms with E-state index in [-0.39, 0.29) is 30.5 Å². The molecule has 0 aromatic heterocycles. The number of phenolic OH excluding ortho intramolecular Hbond substituents is 1. The quantitative estimate of drug-likeness (QED) is 0.782. The number of phenols is 1. The van der Waals surface area contributed by atoms with E-state index < -0.39 is 23.6 Å². The third-order valence-electron chi connectivity index (χ3n) is 2.41. The molecule has 2 N–H and O–H groups in total. The number of hydrogen-bond acceptors (Lipinski definition) is 6. The molecule has 98 valence electrons. The fourth-order valence-corrected chi connectivity index (χ4v) is 1.57. The molecule has 0 radical (unpaired) electrons. The van der Waals surface area contributed by atoms with Crippen LogP contribution in [0.15, 0.2) is 6.07 Å². The molecule has 7 heteroatoms. The predicted octanol–water partition coefficient (Wildman–Crippen LogP) is 0.856. The minimum Gasteiger partial charge on any atom is -0.504 e. The number of aliphatic hydroxyl groups excluding tert-OH is 1. The van der Waals surface area contributed by atoms with Crippen LogP contribution in [0.1, 0.15) is 18.6 Å². The summed E-state index contributed by atoms with van der Waals surface area (Å²) in [4.78, 5) is 11.3. The molecule has 1 aromatic rings. The zero-order chi connectivity index (χ0) is 13.3. The van der Waals surface area contributed by atoms with Gasteiger partial charge in [0.25, 0.3) is 0 Å². The number of ether oxygens (including phenoxy) is 3. The van der Waals surface area contributed by atoms with Gasteiger partial charge >= 0.3 is 5.97 Å². The van der Waals surface area contributed by atoms with Crippen molar-refractivity contribution >= 4 is 5.97 Å². The van der Waals surface area contributed by atoms with Gasteiger partial charge in [-0.05, 0) is 13.0 Å². The second-order valence-electron chi connectivity index (χ2n) is 3.52. The van der Waals surface area contributed by atoms with Gasteiger partial charge in [-0.2, -0.15) is 4.39 Å². The van der Waals surface area contributed by atoms with Crippen LogP contribution in [-0.4, -0.2) is 29.6 Å². The second-order valence-corrected chi connectivity index (χ2v) is 3.52. The van der Waals surface area contributed by atoms with Gasteiger partial charge in [-0.1, -0.05) is 0 Å². The van der Waals surface area contributed by atoms with E-state index in [0.29, 0.717) is 0 Å². The molecular weight excluding hydrogens is 247 g/mol. The minimum absolute atomic E-state index is 0.0173. The molecule has 0 spiro atoms. The summed E-state index contributed by atoms with van der Waals surface area (Å²) < 4.78 is 28.0. The molecule has 1 unspecified atom stereocenters. The number of carbonyl (C=O) groups excluding carboxylic acids is 1. The number of hydrogen-bond donors (Lipinski definition) is 2. The number of benzene rings is 1. The number of aliphatic hydroxyl groups is 1. The average molecular weight is 258 g/mol. The van der Waals surface area contributed by atoms with E-state index in [9.17, 15) is 19.4 Å². The van der Waals surface area contributed by atoms with Gasteiger partial charge in [0.1, 0.15) is 0 Å². The first-order chi connectivity index (χ1) is 8.56. The summed E-state index contributed by atoms with van der Waals surface area (Å²) in [5, 5.41) is 19.2. The standard InChI is InChI=1S/C11H11FO6/c1-2-16-11(15)9(14)5-3-6-10(18-4-17-6)7(12)8(5)13/h3,9,13-14H,2,4H2,1H3. The van der Waals surface area contributed by atoms with E-state index in [1.165, 1.54) is 0 Å². The topological polar surface area (TPSA) is 85.2 Å². The van der Waals surface area contributed by atoms with Crippen LogP contribution in [0.2, 0.25) is 0 Å². The molecule has 1 aliphatic heterocycles. The Bertz CT molecular complexity index is 487. The largest absolute Gasteiger partial charge is 0.504 e. The molecule has 1 heterocycles. The molecule has 1 aromatic carbocycles. The van der Waals surface area contributed by atoms with Crippen LogP contribution in [0.5, 0.6) is 17.2 Å². The van der Waals surface area contributed by atoms with Gasteiger partial charge in [0.2, 0.25) is 18.4 Å². The van der Waals surface area contributed by atoms with Crippen LogP contribution in [0, 0.1) is 5.82 Å². The Labute approximate surface area is 102 Å². The molecular formula is C11H11FO6. The number of esters is 1. The first-order valence-corrected chi connectivity index (χ1v) is 5.22. The fourth-order valence-electron chi connectivity index (χ4n) is 1.57. The normalized spacial score (nSPS) is 14.4. The smallest absolute Gasteiger partial charge is 0.339 e. The highest BCUT2D eigenvalue weighted by Gasteiger charge is 2.30. The van der Waals surface area contributed by atoms with Crippen LogP contribution < -0.4 is 9.47 Å². The third-order valence-corrected chi connectivity index (χ3v) is 2.41. The molecule has 1 aliphatic rings. The second kappa shape index (κ2) is 4.69. The van der Waals surface area contributed by atoms with Gasteiger partial charge in [0.15, 0.2) is 17.6 Å². The lowest BCUT2D eigenvalue weighted by molar-refractivity contribution is -0.153. The van der Waals surface area contributed by atoms with Crippen LogP contribution in [-0.2, 0) is 9.53 Å². The first-order valence-electron chi connectivity index (χ1n) is 5.22. The summed E-state index contributed by atoms with van der Waals surface area (Å²) in [6.07, 6.45) is -1.78. The van der Waals surface area contributed by atoms with Crippen molar-refractivity contribution in [2.24, 2.45) is 0 Å². The molecule has 0 saturated carbocycles. The molecule has 18 heavy (non-hydrogen) atoms. The monoisotopic (exact) mass is 258 g/mol. The SMILES string of the molecule is CCOC(=O)C(O)c1cc2c(c(F)c1O)OCO2. The highest BCUT2D eigenvalue weighted by atomic mass is 19.1. The summed E-state index contributed by atoms with van der Waals surface area (Å²) in [7, 11) is 0. The maximum Gasteiger partial charge on any atom is 0.339 e. The maximum absolute atomic E-state index is 13.7. The Morgan fingerprint density at radius 2 is 2.33 bits per heavy atom. The van der Waals surface area contributed by atoms with Crippen LogP contribution in [0.25, 0.3) is 0 Å². The number of aromatic hydroxyl groups is 1. The van der Waals surface area contributed by atoms with Crippen molar-refractivity contribution in [3.8, 4) is 17.2 Å². The summed E-state index contributed by atoms with van der Waals surface area (Å²) >= 11 is 0. The van der Waals surface area contributed by atoms with Crippen molar-refractivity contribution in [1.29, 1.82) is 0 Å². The number of fused-ring (bicyclic) bond motifs is 1. The van der Waals surface area contributed by atoms with Gasteiger partial charge < -0.3 is 24.4 Å². The molecule has 0 aliphatic carbocycles. The van der Waals surface area contributed by atoms with Crippen LogP contribution in [0.4, 0.5) is 4.39 Å². The maximum atomic E-state index is 13.7. The van der Waals surface area contributed by atoms with Gasteiger partial charge in [-0.3, -0.25) is 0 Å². The lowest BCUT2D eigenvalue weighted by Gasteiger charge is -2.12. The molecule has 0 amide bonds. The Morgan fingerprint density at radius 1 is 1.61 bits per heavy atom. The predicted molar refractivity (Wildman–Crippen MR) is 55.8 cm³/mol. The lowest BCUT2D eigenvalue weighted by Crippen LogP contribution is -2.15. The van der Waals surface area contributed by atoms with Crippen molar-refractivity contribution in [1.82, 2.24) is 0 Å². The Morgan fingerprint density at radius 3 is 3.00 bits per heavy atom. The molecule has 0 fully saturated rings. The summed E-state index contributed by atoms with van der Waals surface area (Å²) in [6, 6.07) is 1.14. The highest BCUT2D eigenvalue weighted by Crippen LogP contribution is 2.43. The van der Waals surface area contributed by atoms with Gasteiger partial charge in [-0.15, -0.1) is 0 Å². The van der Waals surface area contributed by atoms with Crippen LogP contribution >= 0.6 is 0 Å². The van der Waals surface area contributed by atoms with E-state index >= 15 is 0 Å². The van der Waals surface area contributed by atoms with E-state index in [1.54, 1.807) is 6.92 Å². The Kier molecular flexibility index (Phi) is 3.24. The Balaban J connectivity index is 2.40. The minimum atomic E-state index is -1.78. The molecule has 0 bridgehead atoms. The number of carbonyl (C=O) groups is 1. The van der Waals surface area contributed by atoms with Crippen molar-refractivity contribution in [3.63, 3.8) is 0 Å². The molecule has 0 saturated heterocycles. The zero-order valence-corrected chi connectivity index (χ0v) is 9.47. The average Bonchev–Trinajstić information content (AvgIpc) is 2.81. The van der Waals surface area contributed by atoms with E-state index in [4.69, 9.17) is 9.47 Å². The highest BCUT2D eigenvalue weighted by molar-refractivity contribution is 5.78. The molecule has 1 atom stereocenters. The fraction of sp³-hybridized carbons (Fsp3) is 0.364. The summed E-state index contributed by atoms with van der Waals surface area (Å²) in [5.41, 5.74) is -0.324. The van der Waals surface area contributed by atoms with Crippen molar-refractivity contribution in [2.75, 3.05) is 13.4 Å². The van der Waals surface area contributed by atoms with Crippen molar-refractivity contribution in [3.05, 3.63) is 17.4 Å². The van der Waals surface area contributed by atoms with Gasteiger partial charge in [0.05, 0.1) is 6.61 Å². The number of rotatable bonds is 3. The van der Waals surface area contributed by atoms with E-state index in [0.717, 1.165) is 6.07 Å². The summed E-state index contributed by atoms with van der Waals surface area (Å²) in [6.45, 7) is 1.43. The van der Waals surface area contributed by atoms with Gasteiger partial charge in [-0.25, -0.2) is 4.79 Å². The lowest BCUT2D eigenvalue weighted by atomic mass is 10.1. The summed E-state index contributed by atoms with van der Waals surface area (Å²) in [5.74, 6) is -3.15. The van der Waals surface area contributed by atoms with E-state index in [2.05, 4.69) is 4.74 Å². The van der Waals surface area contributed by atoms with Crippen molar-refractivity contribution in [2.45, 2.75) is 13.0 Å². The van der Waals surface area contributed by atoms with Gasteiger partial charge in [0, 0.05) is 5.56 Å². The zero-order valence-electron chi connectivity index (χ0n) is 9.47.